The summed E-state index contributed by atoms with van der Waals surface area (Å²) in [6, 6.07) is 0. The van der Waals surface area contributed by atoms with Gasteiger partial charge >= 0.3 is 24.0 Å². The number of nitrogens with zero attached hydrogens (tertiary/aromatic N) is 1. The van der Waals surface area contributed by atoms with E-state index in [4.69, 9.17) is 28.4 Å². The molecule has 0 heterocycles. The lowest BCUT2D eigenvalue weighted by molar-refractivity contribution is -0.156. The van der Waals surface area contributed by atoms with Crippen molar-refractivity contribution >= 4 is 24.0 Å². The Morgan fingerprint density at radius 3 is 2.06 bits per heavy atom. The van der Waals surface area contributed by atoms with E-state index in [1.807, 2.05) is 6.92 Å². The predicted molar refractivity (Wildman–Crippen MR) is 121 cm³/mol. The van der Waals surface area contributed by atoms with Crippen LogP contribution in [0.25, 0.3) is 0 Å². The molecule has 0 rings (SSSR count). The van der Waals surface area contributed by atoms with Crippen molar-refractivity contribution in [3.63, 3.8) is 0 Å². The van der Waals surface area contributed by atoms with E-state index in [1.54, 1.807) is 25.7 Å². The van der Waals surface area contributed by atoms with Crippen LogP contribution in [0.15, 0.2) is 0 Å². The van der Waals surface area contributed by atoms with Gasteiger partial charge in [-0.2, -0.15) is 0 Å². The van der Waals surface area contributed by atoms with Crippen LogP contribution in [0.5, 0.6) is 0 Å². The van der Waals surface area contributed by atoms with E-state index >= 15 is 0 Å². The molecule has 0 aromatic carbocycles. The summed E-state index contributed by atoms with van der Waals surface area (Å²) in [4.78, 5) is 47.7. The molecule has 0 aliphatic heterocycles. The fourth-order valence-corrected chi connectivity index (χ4v) is 2.32. The molecule has 0 aliphatic carbocycles. The number of nitrogens with one attached hydrogen (secondary N) is 1. The second kappa shape index (κ2) is 18.9. The van der Waals surface area contributed by atoms with Crippen LogP contribution in [0.3, 0.4) is 0 Å². The highest BCUT2D eigenvalue weighted by molar-refractivity contribution is 5.72. The molecule has 0 saturated carbocycles. The first-order valence-corrected chi connectivity index (χ1v) is 11.3. The molecule has 1 amide bonds. The topological polar surface area (TPSA) is 139 Å². The maximum Gasteiger partial charge on any atom is 0.407 e. The van der Waals surface area contributed by atoms with Gasteiger partial charge in [0, 0.05) is 26.6 Å². The molecule has 12 heteroatoms. The Morgan fingerprint density at radius 2 is 1.44 bits per heavy atom. The number of carbonyl (C=O) groups is 4. The maximum absolute atomic E-state index is 12.1. The van der Waals surface area contributed by atoms with Gasteiger partial charge in [-0.15, -0.1) is 0 Å². The van der Waals surface area contributed by atoms with Gasteiger partial charge < -0.3 is 33.7 Å². The Balaban J connectivity index is 4.00. The van der Waals surface area contributed by atoms with Gasteiger partial charge in [0.05, 0.1) is 33.0 Å². The monoisotopic (exact) mass is 492 g/mol. The largest absolute Gasteiger partial charge is 0.465 e. The molecule has 0 aromatic heterocycles. The molecule has 0 aromatic rings. The number of rotatable bonds is 18. The molecule has 0 aliphatic rings. The van der Waals surface area contributed by atoms with Crippen LogP contribution in [-0.2, 0) is 42.8 Å². The summed E-state index contributed by atoms with van der Waals surface area (Å²) < 4.78 is 30.6. The van der Waals surface area contributed by atoms with E-state index in [9.17, 15) is 19.2 Å². The Labute approximate surface area is 201 Å². The van der Waals surface area contributed by atoms with Gasteiger partial charge in [-0.05, 0) is 27.2 Å². The lowest BCUT2D eigenvalue weighted by Gasteiger charge is -2.24. The molecule has 12 nitrogen and oxygen atoms in total. The van der Waals surface area contributed by atoms with Crippen LogP contribution in [0.2, 0.25) is 0 Å². The molecule has 0 saturated heterocycles. The van der Waals surface area contributed by atoms with E-state index < -0.39 is 29.6 Å². The van der Waals surface area contributed by atoms with E-state index in [2.05, 4.69) is 5.32 Å². The van der Waals surface area contributed by atoms with E-state index in [1.165, 1.54) is 6.92 Å². The van der Waals surface area contributed by atoms with Gasteiger partial charge in [-0.25, -0.2) is 9.59 Å². The number of carbonyl (C=O) groups excluding carboxylic acids is 4. The van der Waals surface area contributed by atoms with E-state index in [0.29, 0.717) is 13.2 Å². The highest BCUT2D eigenvalue weighted by atomic mass is 16.6. The fourth-order valence-electron chi connectivity index (χ4n) is 2.32. The van der Waals surface area contributed by atoms with Crippen LogP contribution in [0, 0.1) is 0 Å². The summed E-state index contributed by atoms with van der Waals surface area (Å²) in [5.41, 5.74) is -0.622. The molecule has 0 unspecified atom stereocenters. The minimum atomic E-state index is -0.622. The third kappa shape index (κ3) is 21.4. The highest BCUT2D eigenvalue weighted by Gasteiger charge is 2.19. The molecule has 0 bridgehead atoms. The summed E-state index contributed by atoms with van der Waals surface area (Å²) >= 11 is 0. The summed E-state index contributed by atoms with van der Waals surface area (Å²) in [5, 5.41) is 2.54. The van der Waals surface area contributed by atoms with Crippen molar-refractivity contribution < 1.29 is 47.6 Å². The lowest BCUT2D eigenvalue weighted by atomic mass is 10.2. The molecule has 0 fully saturated rings. The number of esters is 3. The second-order valence-corrected chi connectivity index (χ2v) is 8.15. The van der Waals surface area contributed by atoms with E-state index in [-0.39, 0.29) is 59.3 Å². The quantitative estimate of drug-likeness (QED) is 0.166. The average molecular weight is 493 g/mol. The van der Waals surface area contributed by atoms with Crippen molar-refractivity contribution in [1.29, 1.82) is 0 Å². The van der Waals surface area contributed by atoms with Crippen molar-refractivity contribution in [2.45, 2.75) is 46.6 Å². The normalized spacial score (nSPS) is 11.1. The maximum atomic E-state index is 12.1. The number of ether oxygens (including phenoxy) is 6. The third-order valence-corrected chi connectivity index (χ3v) is 3.70. The zero-order valence-corrected chi connectivity index (χ0v) is 21.0. The van der Waals surface area contributed by atoms with Gasteiger partial charge in [0.2, 0.25) is 0 Å². The first-order valence-electron chi connectivity index (χ1n) is 11.3. The smallest absolute Gasteiger partial charge is 0.407 e. The molecule has 0 radical (unpaired) electrons. The molecular formula is C22H40N2O10. The summed E-state index contributed by atoms with van der Waals surface area (Å²) in [6.45, 7) is 10.3. The number of amides is 1. The van der Waals surface area contributed by atoms with Crippen LogP contribution < -0.4 is 5.32 Å². The van der Waals surface area contributed by atoms with Crippen molar-refractivity contribution in [2.24, 2.45) is 0 Å². The zero-order chi connectivity index (χ0) is 25.8. The van der Waals surface area contributed by atoms with Crippen LogP contribution >= 0.6 is 0 Å². The molecule has 1 N–H and O–H groups in total. The van der Waals surface area contributed by atoms with E-state index in [0.717, 1.165) is 6.42 Å². The van der Waals surface area contributed by atoms with Crippen molar-refractivity contribution in [3.05, 3.63) is 0 Å². The molecule has 198 valence electrons. The van der Waals surface area contributed by atoms with Gasteiger partial charge in [0.1, 0.15) is 25.4 Å². The Bertz CT molecular complexity index is 607. The minimum Gasteiger partial charge on any atom is -0.465 e. The summed E-state index contributed by atoms with van der Waals surface area (Å²) in [6.07, 6.45) is 0.268. The number of alkyl carbamates (subject to hydrolysis) is 1. The van der Waals surface area contributed by atoms with Crippen molar-refractivity contribution in [2.75, 3.05) is 72.4 Å². The standard InChI is InChI=1S/C22H40N2O10/c1-6-10-33-21(28)23-7-11-29-14-15-30-17-20(27)32-13-9-24(8-12-31-18(2)25)16-19(26)34-22(3,4)5/h6-17H2,1-5H3,(H,23,28). The van der Waals surface area contributed by atoms with Crippen molar-refractivity contribution in [1.82, 2.24) is 10.2 Å². The average Bonchev–Trinajstić information content (AvgIpc) is 2.72. The first-order chi connectivity index (χ1) is 16.0. The lowest BCUT2D eigenvalue weighted by Crippen LogP contribution is -2.39. The van der Waals surface area contributed by atoms with Gasteiger partial charge in [0.15, 0.2) is 0 Å². The van der Waals surface area contributed by atoms with Crippen LogP contribution in [0.4, 0.5) is 4.79 Å². The Hall–Kier alpha value is -2.44. The molecule has 0 spiro atoms. The SMILES string of the molecule is CCCOC(=O)NCCOCCOCC(=O)OCCN(CCOC(C)=O)CC(=O)OC(C)(C)C. The fraction of sp³-hybridized carbons (Fsp3) is 0.818. The summed E-state index contributed by atoms with van der Waals surface area (Å²) in [7, 11) is 0. The molecule has 0 atom stereocenters. The van der Waals surface area contributed by atoms with Crippen molar-refractivity contribution in [3.8, 4) is 0 Å². The highest BCUT2D eigenvalue weighted by Crippen LogP contribution is 2.07. The summed E-state index contributed by atoms with van der Waals surface area (Å²) in [5.74, 6) is -1.41. The Morgan fingerprint density at radius 1 is 0.794 bits per heavy atom. The zero-order valence-electron chi connectivity index (χ0n) is 21.0. The number of hydrogen-bond donors (Lipinski definition) is 1. The van der Waals surface area contributed by atoms with Gasteiger partial charge in [-0.3, -0.25) is 14.5 Å². The minimum absolute atomic E-state index is 0.0291. The van der Waals surface area contributed by atoms with Crippen LogP contribution in [-0.4, -0.2) is 107 Å². The third-order valence-electron chi connectivity index (χ3n) is 3.70. The Kier molecular flexibility index (Phi) is 17.6. The van der Waals surface area contributed by atoms with Gasteiger partial charge in [-0.1, -0.05) is 6.92 Å². The van der Waals surface area contributed by atoms with Crippen LogP contribution in [0.1, 0.15) is 41.0 Å². The van der Waals surface area contributed by atoms with Gasteiger partial charge in [0.25, 0.3) is 0 Å². The number of hydrogen-bond acceptors (Lipinski definition) is 11. The second-order valence-electron chi connectivity index (χ2n) is 8.15. The molecular weight excluding hydrogens is 452 g/mol. The predicted octanol–water partition coefficient (Wildman–Crippen LogP) is 0.906. The first kappa shape index (κ1) is 31.6. The molecule has 34 heavy (non-hydrogen) atoms.